The maximum absolute atomic E-state index is 12.9. The number of carbonyl (C=O) groups excluding carboxylic acids is 1. The minimum Gasteiger partial charge on any atom is -0.492 e. The van der Waals surface area contributed by atoms with Gasteiger partial charge >= 0.3 is 0 Å². The maximum atomic E-state index is 12.9. The van der Waals surface area contributed by atoms with Crippen LogP contribution in [0.25, 0.3) is 0 Å². The average Bonchev–Trinajstić information content (AvgIpc) is 2.94. The zero-order chi connectivity index (χ0) is 21.2. The minimum atomic E-state index is -4.07. The van der Waals surface area contributed by atoms with Crippen molar-refractivity contribution in [3.8, 4) is 5.75 Å². The van der Waals surface area contributed by atoms with Crippen molar-refractivity contribution in [2.45, 2.75) is 24.8 Å². The minimum absolute atomic E-state index is 0.00373. The fourth-order valence-corrected chi connectivity index (χ4v) is 5.59. The molecule has 3 rings (SSSR count). The molecule has 1 fully saturated rings. The van der Waals surface area contributed by atoms with E-state index in [1.165, 1.54) is 12.1 Å². The lowest BCUT2D eigenvalue weighted by Gasteiger charge is -2.18. The molecule has 0 saturated carbocycles. The van der Waals surface area contributed by atoms with Gasteiger partial charge in [0.15, 0.2) is 0 Å². The van der Waals surface area contributed by atoms with Gasteiger partial charge in [-0.25, -0.2) is 25.9 Å². The van der Waals surface area contributed by atoms with Crippen molar-refractivity contribution in [3.63, 3.8) is 0 Å². The van der Waals surface area contributed by atoms with Crippen LogP contribution in [0.3, 0.4) is 0 Å². The third-order valence-electron chi connectivity index (χ3n) is 4.21. The standard InChI is InChI=1S/C18H19ClN2O6S2/c1-2-27-16-8-7-15(21-18(22)9-10-28(21,23)24)11-17(16)29(25,26)20-12-13-3-5-14(19)6-4-13/h3-8,11,20H,2,9-10,12H2,1H3. The first kappa shape index (κ1) is 21.6. The molecule has 1 heterocycles. The molecule has 0 aliphatic carbocycles. The molecule has 0 atom stereocenters. The van der Waals surface area contributed by atoms with Crippen LogP contribution in [0.4, 0.5) is 5.69 Å². The number of amides is 1. The molecule has 29 heavy (non-hydrogen) atoms. The molecule has 11 heteroatoms. The number of halogens is 1. The van der Waals surface area contributed by atoms with Gasteiger partial charge in [0, 0.05) is 18.0 Å². The second-order valence-electron chi connectivity index (χ2n) is 6.24. The van der Waals surface area contributed by atoms with Gasteiger partial charge in [-0.1, -0.05) is 23.7 Å². The highest BCUT2D eigenvalue weighted by Crippen LogP contribution is 2.32. The summed E-state index contributed by atoms with van der Waals surface area (Å²) >= 11 is 5.83. The summed E-state index contributed by atoms with van der Waals surface area (Å²) in [4.78, 5) is 11.8. The van der Waals surface area contributed by atoms with E-state index in [0.717, 1.165) is 6.07 Å². The Labute approximate surface area is 174 Å². The Hall–Kier alpha value is -2.14. The van der Waals surface area contributed by atoms with Crippen molar-refractivity contribution in [1.29, 1.82) is 0 Å². The van der Waals surface area contributed by atoms with E-state index < -0.39 is 26.0 Å². The van der Waals surface area contributed by atoms with Crippen LogP contribution in [0.15, 0.2) is 47.4 Å². The number of benzene rings is 2. The van der Waals surface area contributed by atoms with Gasteiger partial charge in [-0.3, -0.25) is 4.79 Å². The van der Waals surface area contributed by atoms with E-state index >= 15 is 0 Å². The Kier molecular flexibility index (Phi) is 6.18. The summed E-state index contributed by atoms with van der Waals surface area (Å²) < 4.78 is 58.7. The van der Waals surface area contributed by atoms with Crippen molar-refractivity contribution in [2.24, 2.45) is 0 Å². The zero-order valence-electron chi connectivity index (χ0n) is 15.5. The number of anilines is 1. The van der Waals surface area contributed by atoms with Crippen LogP contribution in [0.1, 0.15) is 18.9 Å². The molecule has 8 nitrogen and oxygen atoms in total. The van der Waals surface area contributed by atoms with E-state index in [1.807, 2.05) is 0 Å². The fraction of sp³-hybridized carbons (Fsp3) is 0.278. The number of sulfonamides is 2. The van der Waals surface area contributed by atoms with E-state index in [1.54, 1.807) is 31.2 Å². The number of ether oxygens (including phenoxy) is 1. The van der Waals surface area contributed by atoms with Crippen LogP contribution < -0.4 is 13.8 Å². The number of nitrogens with one attached hydrogen (secondary N) is 1. The molecule has 156 valence electrons. The van der Waals surface area contributed by atoms with Crippen molar-refractivity contribution >= 4 is 43.2 Å². The molecule has 0 spiro atoms. The molecular weight excluding hydrogens is 440 g/mol. The Morgan fingerprint density at radius 2 is 1.86 bits per heavy atom. The summed E-state index contributed by atoms with van der Waals surface area (Å²) in [5, 5.41) is 0.527. The van der Waals surface area contributed by atoms with Gasteiger partial charge in [0.2, 0.25) is 26.0 Å². The smallest absolute Gasteiger partial charge is 0.244 e. The van der Waals surface area contributed by atoms with E-state index in [4.69, 9.17) is 16.3 Å². The van der Waals surface area contributed by atoms with Gasteiger partial charge < -0.3 is 4.74 Å². The topological polar surface area (TPSA) is 110 Å². The van der Waals surface area contributed by atoms with Crippen molar-refractivity contribution in [1.82, 2.24) is 4.72 Å². The van der Waals surface area contributed by atoms with Gasteiger partial charge in [0.1, 0.15) is 10.6 Å². The van der Waals surface area contributed by atoms with E-state index in [0.29, 0.717) is 14.9 Å². The summed E-state index contributed by atoms with van der Waals surface area (Å²) in [5.41, 5.74) is 0.646. The molecule has 2 aromatic carbocycles. The highest BCUT2D eigenvalue weighted by molar-refractivity contribution is 7.94. The first-order valence-corrected chi connectivity index (χ1v) is 12.2. The number of hydrogen-bond acceptors (Lipinski definition) is 6. The van der Waals surface area contributed by atoms with Gasteiger partial charge in [-0.2, -0.15) is 0 Å². The Morgan fingerprint density at radius 3 is 2.45 bits per heavy atom. The summed E-state index contributed by atoms with van der Waals surface area (Å²) in [7, 11) is -7.89. The third-order valence-corrected chi connectivity index (χ3v) is 7.57. The lowest BCUT2D eigenvalue weighted by molar-refractivity contribution is -0.116. The summed E-state index contributed by atoms with van der Waals surface area (Å²) in [6.45, 7) is 1.90. The molecule has 1 aliphatic rings. The molecule has 0 aromatic heterocycles. The first-order valence-electron chi connectivity index (χ1n) is 8.71. The quantitative estimate of drug-likeness (QED) is 0.681. The number of nitrogens with zero attached hydrogens (tertiary/aromatic N) is 1. The lowest BCUT2D eigenvalue weighted by Crippen LogP contribution is -2.30. The third kappa shape index (κ3) is 4.72. The molecule has 2 aromatic rings. The largest absolute Gasteiger partial charge is 0.492 e. The molecule has 1 amide bonds. The monoisotopic (exact) mass is 458 g/mol. The van der Waals surface area contributed by atoms with Crippen molar-refractivity contribution < 1.29 is 26.4 Å². The number of hydrogen-bond donors (Lipinski definition) is 1. The number of carbonyl (C=O) groups is 1. The molecule has 0 unspecified atom stereocenters. The first-order chi connectivity index (χ1) is 13.6. The fourth-order valence-electron chi connectivity index (χ4n) is 2.84. The van der Waals surface area contributed by atoms with Crippen LogP contribution in [-0.2, 0) is 31.4 Å². The SMILES string of the molecule is CCOc1ccc(N2C(=O)CCS2(=O)=O)cc1S(=O)(=O)NCc1ccc(Cl)cc1. The van der Waals surface area contributed by atoms with Gasteiger partial charge in [-0.15, -0.1) is 0 Å². The summed E-state index contributed by atoms with van der Waals surface area (Å²) in [5.74, 6) is -0.855. The summed E-state index contributed by atoms with van der Waals surface area (Å²) in [6.07, 6.45) is -0.146. The van der Waals surface area contributed by atoms with Crippen LogP contribution in [-0.4, -0.2) is 35.1 Å². The van der Waals surface area contributed by atoms with Crippen molar-refractivity contribution in [3.05, 3.63) is 53.1 Å². The summed E-state index contributed by atoms with van der Waals surface area (Å²) in [6, 6.07) is 10.5. The predicted molar refractivity (Wildman–Crippen MR) is 109 cm³/mol. The molecule has 0 radical (unpaired) electrons. The highest BCUT2D eigenvalue weighted by Gasteiger charge is 2.37. The van der Waals surface area contributed by atoms with Gasteiger partial charge in [0.25, 0.3) is 0 Å². The maximum Gasteiger partial charge on any atom is 0.244 e. The van der Waals surface area contributed by atoms with E-state index in [2.05, 4.69) is 4.72 Å². The predicted octanol–water partition coefficient (Wildman–Crippen LogP) is 2.28. The lowest BCUT2D eigenvalue weighted by atomic mass is 10.2. The van der Waals surface area contributed by atoms with Crippen LogP contribution >= 0.6 is 11.6 Å². The normalized spacial score (nSPS) is 16.2. The van der Waals surface area contributed by atoms with Gasteiger partial charge in [-0.05, 0) is 42.8 Å². The molecule has 1 saturated heterocycles. The second-order valence-corrected chi connectivity index (χ2v) is 10.3. The van der Waals surface area contributed by atoms with Gasteiger partial charge in [0.05, 0.1) is 18.0 Å². The van der Waals surface area contributed by atoms with E-state index in [-0.39, 0.29) is 41.7 Å². The zero-order valence-corrected chi connectivity index (χ0v) is 17.8. The molecule has 1 N–H and O–H groups in total. The average molecular weight is 459 g/mol. The van der Waals surface area contributed by atoms with Crippen LogP contribution in [0.5, 0.6) is 5.75 Å². The van der Waals surface area contributed by atoms with Crippen LogP contribution in [0.2, 0.25) is 5.02 Å². The second kappa shape index (κ2) is 8.31. The Balaban J connectivity index is 1.96. The molecule has 1 aliphatic heterocycles. The van der Waals surface area contributed by atoms with Crippen LogP contribution in [0, 0.1) is 0 Å². The Morgan fingerprint density at radius 1 is 1.17 bits per heavy atom. The van der Waals surface area contributed by atoms with E-state index in [9.17, 15) is 21.6 Å². The molecule has 0 bridgehead atoms. The van der Waals surface area contributed by atoms with Crippen molar-refractivity contribution in [2.75, 3.05) is 16.7 Å². The Bertz CT molecular complexity index is 1130. The molecular formula is C18H19ClN2O6S2. The highest BCUT2D eigenvalue weighted by atomic mass is 35.5. The number of rotatable bonds is 7.